The van der Waals surface area contributed by atoms with E-state index in [0.717, 1.165) is 12.2 Å². The molecule has 0 atom stereocenters. The number of likely N-dealkylation sites (N-methyl/N-ethyl adjacent to an activating group) is 1. The van der Waals surface area contributed by atoms with Gasteiger partial charge < -0.3 is 23.7 Å². The highest BCUT2D eigenvalue weighted by atomic mass is 16.5. The number of para-hydroxylation sites is 2. The van der Waals surface area contributed by atoms with Crippen molar-refractivity contribution in [2.24, 2.45) is 0 Å². The zero-order chi connectivity index (χ0) is 20.1. The van der Waals surface area contributed by atoms with Crippen molar-refractivity contribution in [1.82, 2.24) is 0 Å². The Morgan fingerprint density at radius 3 is 2.52 bits per heavy atom. The molecule has 6 heteroatoms. The van der Waals surface area contributed by atoms with Crippen LogP contribution >= 0.6 is 0 Å². The Morgan fingerprint density at radius 1 is 1.03 bits per heavy atom. The minimum atomic E-state index is -0.129. The molecule has 3 aromatic rings. The lowest BCUT2D eigenvalue weighted by Crippen LogP contribution is -2.37. The van der Waals surface area contributed by atoms with Gasteiger partial charge in [0.05, 0.1) is 25.1 Å². The molecule has 0 radical (unpaired) electrons. The summed E-state index contributed by atoms with van der Waals surface area (Å²) in [6, 6.07) is 17.5. The molecule has 4 rings (SSSR count). The Balaban J connectivity index is 1.59. The van der Waals surface area contributed by atoms with Gasteiger partial charge in [-0.25, -0.2) is 0 Å². The molecule has 0 N–H and O–H groups in total. The normalized spacial score (nSPS) is 14.2. The minimum absolute atomic E-state index is 0.129. The summed E-state index contributed by atoms with van der Waals surface area (Å²) in [5, 5.41) is 0.537. The Labute approximate surface area is 170 Å². The summed E-state index contributed by atoms with van der Waals surface area (Å²) in [6.45, 7) is 6.58. The number of morpholine rings is 1. The predicted molar refractivity (Wildman–Crippen MR) is 115 cm³/mol. The van der Waals surface area contributed by atoms with Gasteiger partial charge in [-0.05, 0) is 31.2 Å². The highest BCUT2D eigenvalue weighted by Crippen LogP contribution is 2.30. The average Bonchev–Trinajstić information content (AvgIpc) is 2.79. The molecular formula is C23H26N2O4. The van der Waals surface area contributed by atoms with E-state index >= 15 is 0 Å². The van der Waals surface area contributed by atoms with E-state index in [4.69, 9.17) is 13.9 Å². The summed E-state index contributed by atoms with van der Waals surface area (Å²) in [4.78, 5) is 17.4. The lowest BCUT2D eigenvalue weighted by molar-refractivity contribution is 0.120. The van der Waals surface area contributed by atoms with Gasteiger partial charge in [-0.2, -0.15) is 0 Å². The van der Waals surface area contributed by atoms with Crippen molar-refractivity contribution in [1.29, 1.82) is 0 Å². The van der Waals surface area contributed by atoms with E-state index in [-0.39, 0.29) is 11.2 Å². The van der Waals surface area contributed by atoms with E-state index in [0.29, 0.717) is 56.3 Å². The number of ether oxygens (including phenoxy) is 2. The standard InChI is InChI=1S/C23H26N2O4/c1-2-24(18-8-4-3-5-9-18)14-17-28-22-21(26)19-10-6-7-11-20(19)29-23(22)25-12-15-27-16-13-25/h3-11H,2,12-17H2,1H3. The van der Waals surface area contributed by atoms with Gasteiger partial charge in [0.2, 0.25) is 17.1 Å². The number of benzene rings is 2. The molecule has 0 unspecified atom stereocenters. The summed E-state index contributed by atoms with van der Waals surface area (Å²) in [6.07, 6.45) is 0. The maximum Gasteiger partial charge on any atom is 0.243 e. The van der Waals surface area contributed by atoms with Crippen molar-refractivity contribution < 1.29 is 13.9 Å². The van der Waals surface area contributed by atoms with Crippen LogP contribution in [0.15, 0.2) is 63.8 Å². The molecule has 0 bridgehead atoms. The predicted octanol–water partition coefficient (Wildman–Crippen LogP) is 3.53. The molecule has 0 spiro atoms. The van der Waals surface area contributed by atoms with Crippen molar-refractivity contribution >= 4 is 22.5 Å². The first-order chi connectivity index (χ1) is 14.3. The first kappa shape index (κ1) is 19.3. The Kier molecular flexibility index (Phi) is 6.00. The van der Waals surface area contributed by atoms with Crippen LogP contribution in [0.1, 0.15) is 6.92 Å². The molecule has 6 nitrogen and oxygen atoms in total. The highest BCUT2D eigenvalue weighted by molar-refractivity contribution is 5.80. The summed E-state index contributed by atoms with van der Waals surface area (Å²) in [5.41, 5.74) is 1.58. The Morgan fingerprint density at radius 2 is 1.76 bits per heavy atom. The van der Waals surface area contributed by atoms with Crippen molar-refractivity contribution in [3.05, 3.63) is 64.8 Å². The topological polar surface area (TPSA) is 55.1 Å². The van der Waals surface area contributed by atoms with E-state index < -0.39 is 0 Å². The lowest BCUT2D eigenvalue weighted by atomic mass is 10.2. The summed E-state index contributed by atoms with van der Waals surface area (Å²) >= 11 is 0. The van der Waals surface area contributed by atoms with E-state index in [1.165, 1.54) is 0 Å². The third-order valence-corrected chi connectivity index (χ3v) is 5.15. The number of anilines is 2. The van der Waals surface area contributed by atoms with Crippen LogP contribution in [0.5, 0.6) is 5.75 Å². The number of nitrogens with zero attached hydrogens (tertiary/aromatic N) is 2. The average molecular weight is 394 g/mol. The van der Waals surface area contributed by atoms with E-state index in [1.807, 2.05) is 41.3 Å². The van der Waals surface area contributed by atoms with Gasteiger partial charge in [-0.3, -0.25) is 4.79 Å². The van der Waals surface area contributed by atoms with Crippen LogP contribution in [0, 0.1) is 0 Å². The minimum Gasteiger partial charge on any atom is -0.483 e. The molecule has 1 aliphatic heterocycles. The number of fused-ring (bicyclic) bond motifs is 1. The second-order valence-corrected chi connectivity index (χ2v) is 6.92. The largest absolute Gasteiger partial charge is 0.483 e. The third kappa shape index (κ3) is 4.22. The Bertz CT molecular complexity index is 997. The van der Waals surface area contributed by atoms with E-state index in [9.17, 15) is 4.79 Å². The van der Waals surface area contributed by atoms with Crippen LogP contribution in [0.2, 0.25) is 0 Å². The quantitative estimate of drug-likeness (QED) is 0.611. The lowest BCUT2D eigenvalue weighted by Gasteiger charge is -2.29. The second kappa shape index (κ2) is 9.01. The van der Waals surface area contributed by atoms with Crippen molar-refractivity contribution in [3.63, 3.8) is 0 Å². The molecule has 29 heavy (non-hydrogen) atoms. The van der Waals surface area contributed by atoms with Crippen LogP contribution < -0.4 is 20.0 Å². The van der Waals surface area contributed by atoms with Gasteiger partial charge in [-0.1, -0.05) is 30.3 Å². The van der Waals surface area contributed by atoms with Gasteiger partial charge in [0, 0.05) is 25.3 Å². The zero-order valence-corrected chi connectivity index (χ0v) is 16.7. The molecule has 1 aliphatic rings. The highest BCUT2D eigenvalue weighted by Gasteiger charge is 2.23. The molecular weight excluding hydrogens is 368 g/mol. The molecule has 1 aromatic heterocycles. The second-order valence-electron chi connectivity index (χ2n) is 6.92. The van der Waals surface area contributed by atoms with Crippen LogP contribution in [0.3, 0.4) is 0 Å². The van der Waals surface area contributed by atoms with Crippen molar-refractivity contribution in [3.8, 4) is 5.75 Å². The zero-order valence-electron chi connectivity index (χ0n) is 16.7. The molecule has 2 heterocycles. The fraction of sp³-hybridized carbons (Fsp3) is 0.348. The van der Waals surface area contributed by atoms with Crippen molar-refractivity contribution in [2.75, 3.05) is 55.8 Å². The number of rotatable bonds is 7. The molecule has 1 saturated heterocycles. The van der Waals surface area contributed by atoms with Gasteiger partial charge in [0.25, 0.3) is 0 Å². The number of hydrogen-bond acceptors (Lipinski definition) is 6. The van der Waals surface area contributed by atoms with Crippen molar-refractivity contribution in [2.45, 2.75) is 6.92 Å². The van der Waals surface area contributed by atoms with E-state index in [1.54, 1.807) is 6.07 Å². The smallest absolute Gasteiger partial charge is 0.243 e. The SMILES string of the molecule is CCN(CCOc1c(N2CCOCC2)oc2ccccc2c1=O)c1ccccc1. The molecule has 152 valence electrons. The molecule has 0 amide bonds. The van der Waals surface area contributed by atoms with Crippen LogP contribution in [-0.2, 0) is 4.74 Å². The fourth-order valence-corrected chi connectivity index (χ4v) is 3.58. The van der Waals surface area contributed by atoms with Crippen LogP contribution in [-0.4, -0.2) is 46.0 Å². The Hall–Kier alpha value is -2.99. The van der Waals surface area contributed by atoms with Gasteiger partial charge in [0.15, 0.2) is 0 Å². The maximum atomic E-state index is 13.2. The summed E-state index contributed by atoms with van der Waals surface area (Å²) in [7, 11) is 0. The molecule has 2 aromatic carbocycles. The fourth-order valence-electron chi connectivity index (χ4n) is 3.58. The van der Waals surface area contributed by atoms with Gasteiger partial charge in [0.1, 0.15) is 12.2 Å². The maximum absolute atomic E-state index is 13.2. The van der Waals surface area contributed by atoms with Gasteiger partial charge >= 0.3 is 0 Å². The van der Waals surface area contributed by atoms with Gasteiger partial charge in [-0.15, -0.1) is 0 Å². The number of hydrogen-bond donors (Lipinski definition) is 0. The molecule has 0 saturated carbocycles. The molecule has 0 aliphatic carbocycles. The summed E-state index contributed by atoms with van der Waals surface area (Å²) in [5.74, 6) is 0.787. The molecule has 1 fully saturated rings. The first-order valence-corrected chi connectivity index (χ1v) is 10.1. The summed E-state index contributed by atoms with van der Waals surface area (Å²) < 4.78 is 17.6. The van der Waals surface area contributed by atoms with Crippen LogP contribution in [0.25, 0.3) is 11.0 Å². The van der Waals surface area contributed by atoms with Crippen LogP contribution in [0.4, 0.5) is 11.6 Å². The third-order valence-electron chi connectivity index (χ3n) is 5.15. The monoisotopic (exact) mass is 394 g/mol. The first-order valence-electron chi connectivity index (χ1n) is 10.1. The van der Waals surface area contributed by atoms with E-state index in [2.05, 4.69) is 24.0 Å².